The molecular formula is C20H28N2O2. The van der Waals surface area contributed by atoms with E-state index in [9.17, 15) is 4.79 Å². The molecule has 0 atom stereocenters. The molecule has 0 aliphatic heterocycles. The Bertz CT molecular complexity index is 714. The highest BCUT2D eigenvalue weighted by molar-refractivity contribution is 5.76. The van der Waals surface area contributed by atoms with Crippen molar-refractivity contribution in [1.82, 2.24) is 9.78 Å². The fourth-order valence-corrected chi connectivity index (χ4v) is 2.87. The number of aromatic nitrogens is 2. The maximum Gasteiger partial charge on any atom is 0.315 e. The van der Waals surface area contributed by atoms with Crippen LogP contribution in [-0.2, 0) is 17.8 Å². The molecule has 0 spiro atoms. The molecule has 0 amide bonds. The van der Waals surface area contributed by atoms with Crippen molar-refractivity contribution < 1.29 is 9.53 Å². The Labute approximate surface area is 144 Å². The van der Waals surface area contributed by atoms with E-state index in [2.05, 4.69) is 32.8 Å². The third-order valence-corrected chi connectivity index (χ3v) is 4.16. The number of benzene rings is 1. The molecule has 1 heterocycles. The summed E-state index contributed by atoms with van der Waals surface area (Å²) in [7, 11) is 0. The number of hydrogen-bond donors (Lipinski definition) is 0. The third-order valence-electron chi connectivity index (χ3n) is 4.16. The van der Waals surface area contributed by atoms with Crippen LogP contribution in [0.1, 0.15) is 56.1 Å². The van der Waals surface area contributed by atoms with Crippen molar-refractivity contribution in [1.29, 1.82) is 0 Å². The average molecular weight is 328 g/mol. The van der Waals surface area contributed by atoms with Gasteiger partial charge in [-0.05, 0) is 37.3 Å². The number of esters is 1. The van der Waals surface area contributed by atoms with Crippen molar-refractivity contribution in [2.75, 3.05) is 0 Å². The van der Waals surface area contributed by atoms with Gasteiger partial charge in [-0.25, -0.2) is 0 Å². The highest BCUT2D eigenvalue weighted by Gasteiger charge is 2.18. The second kappa shape index (κ2) is 7.65. The Morgan fingerprint density at radius 2 is 1.83 bits per heavy atom. The van der Waals surface area contributed by atoms with Crippen molar-refractivity contribution in [3.63, 3.8) is 0 Å². The lowest BCUT2D eigenvalue weighted by Crippen LogP contribution is -2.14. The first-order valence-corrected chi connectivity index (χ1v) is 8.62. The van der Waals surface area contributed by atoms with E-state index in [1.807, 2.05) is 42.8 Å². The molecule has 0 saturated carbocycles. The molecule has 0 radical (unpaired) electrons. The molecule has 0 bridgehead atoms. The van der Waals surface area contributed by atoms with E-state index in [0.29, 0.717) is 17.6 Å². The molecule has 130 valence electrons. The topological polar surface area (TPSA) is 44.1 Å². The lowest BCUT2D eigenvalue weighted by Gasteiger charge is -2.12. The Balaban J connectivity index is 2.15. The van der Waals surface area contributed by atoms with Crippen LogP contribution < -0.4 is 4.74 Å². The molecule has 4 nitrogen and oxygen atoms in total. The van der Waals surface area contributed by atoms with Crippen molar-refractivity contribution in [2.24, 2.45) is 5.92 Å². The predicted molar refractivity (Wildman–Crippen MR) is 96.4 cm³/mol. The van der Waals surface area contributed by atoms with Gasteiger partial charge in [0.15, 0.2) is 0 Å². The van der Waals surface area contributed by atoms with Gasteiger partial charge in [-0.2, -0.15) is 5.10 Å². The summed E-state index contributed by atoms with van der Waals surface area (Å²) in [6, 6.07) is 7.72. The number of para-hydroxylation sites is 1. The molecule has 2 rings (SSSR count). The summed E-state index contributed by atoms with van der Waals surface area (Å²) in [4.78, 5) is 12.4. The summed E-state index contributed by atoms with van der Waals surface area (Å²) in [6.45, 7) is 13.3. The van der Waals surface area contributed by atoms with Gasteiger partial charge in [-0.15, -0.1) is 0 Å². The normalized spacial score (nSPS) is 11.3. The molecule has 4 heteroatoms. The van der Waals surface area contributed by atoms with Crippen LogP contribution in [0.15, 0.2) is 24.3 Å². The van der Waals surface area contributed by atoms with Gasteiger partial charge in [-0.1, -0.05) is 45.9 Å². The molecule has 24 heavy (non-hydrogen) atoms. The largest absolute Gasteiger partial charge is 0.426 e. The quantitative estimate of drug-likeness (QED) is 0.582. The molecule has 0 fully saturated rings. The maximum atomic E-state index is 12.4. The minimum atomic E-state index is -0.238. The van der Waals surface area contributed by atoms with Gasteiger partial charge < -0.3 is 4.74 Å². The highest BCUT2D eigenvalue weighted by atomic mass is 16.5. The van der Waals surface area contributed by atoms with Crippen LogP contribution in [0.4, 0.5) is 0 Å². The Morgan fingerprint density at radius 1 is 1.17 bits per heavy atom. The number of rotatable bonds is 6. The van der Waals surface area contributed by atoms with E-state index in [-0.39, 0.29) is 12.4 Å². The van der Waals surface area contributed by atoms with Crippen molar-refractivity contribution >= 4 is 5.97 Å². The number of hydrogen-bond acceptors (Lipinski definition) is 3. The minimum absolute atomic E-state index is 0.238. The molecular weight excluding hydrogens is 300 g/mol. The molecule has 1 aromatic carbocycles. The summed E-state index contributed by atoms with van der Waals surface area (Å²) < 4.78 is 7.63. The van der Waals surface area contributed by atoms with Gasteiger partial charge in [0, 0.05) is 17.8 Å². The molecule has 0 unspecified atom stereocenters. The Hall–Kier alpha value is -2.10. The van der Waals surface area contributed by atoms with Gasteiger partial charge in [0.1, 0.15) is 5.75 Å². The predicted octanol–water partition coefficient (Wildman–Crippen LogP) is 4.43. The van der Waals surface area contributed by atoms with Crippen LogP contribution in [0.3, 0.4) is 0 Å². The van der Waals surface area contributed by atoms with Crippen LogP contribution in [0.25, 0.3) is 0 Å². The molecule has 0 N–H and O–H groups in total. The summed E-state index contributed by atoms with van der Waals surface area (Å²) in [5.74, 6) is 1.24. The van der Waals surface area contributed by atoms with Crippen LogP contribution >= 0.6 is 0 Å². The van der Waals surface area contributed by atoms with Crippen molar-refractivity contribution in [3.8, 4) is 5.75 Å². The smallest absolute Gasteiger partial charge is 0.315 e. The number of carbonyl (C=O) groups is 1. The van der Waals surface area contributed by atoms with E-state index < -0.39 is 0 Å². The van der Waals surface area contributed by atoms with E-state index in [1.54, 1.807) is 0 Å². The molecule has 1 aromatic heterocycles. The van der Waals surface area contributed by atoms with Gasteiger partial charge in [0.05, 0.1) is 12.1 Å². The number of aryl methyl sites for hydroxylation is 1. The van der Waals surface area contributed by atoms with Crippen molar-refractivity contribution in [2.45, 2.75) is 60.4 Å². The van der Waals surface area contributed by atoms with E-state index >= 15 is 0 Å². The summed E-state index contributed by atoms with van der Waals surface area (Å²) in [5, 5.41) is 4.57. The molecule has 0 saturated heterocycles. The summed E-state index contributed by atoms with van der Waals surface area (Å²) in [5.41, 5.74) is 3.98. The van der Waals surface area contributed by atoms with E-state index in [4.69, 9.17) is 4.74 Å². The zero-order chi connectivity index (χ0) is 17.9. The second-order valence-corrected chi connectivity index (χ2v) is 7.07. The molecule has 0 aliphatic rings. The van der Waals surface area contributed by atoms with Gasteiger partial charge in [-0.3, -0.25) is 9.48 Å². The van der Waals surface area contributed by atoms with Crippen LogP contribution in [0, 0.1) is 19.8 Å². The van der Waals surface area contributed by atoms with E-state index in [1.165, 1.54) is 0 Å². The first kappa shape index (κ1) is 18.2. The number of carbonyl (C=O) groups excluding carboxylic acids is 1. The van der Waals surface area contributed by atoms with Crippen LogP contribution in [0.2, 0.25) is 0 Å². The third kappa shape index (κ3) is 4.25. The van der Waals surface area contributed by atoms with E-state index in [0.717, 1.165) is 29.1 Å². The number of nitrogens with zero attached hydrogens (tertiary/aromatic N) is 2. The molecule has 0 aliphatic carbocycles. The number of ether oxygens (including phenoxy) is 1. The Kier molecular flexibility index (Phi) is 5.81. The van der Waals surface area contributed by atoms with Gasteiger partial charge in [0.25, 0.3) is 0 Å². The minimum Gasteiger partial charge on any atom is -0.426 e. The highest BCUT2D eigenvalue weighted by Crippen LogP contribution is 2.26. The summed E-state index contributed by atoms with van der Waals surface area (Å²) >= 11 is 0. The van der Waals surface area contributed by atoms with Crippen molar-refractivity contribution in [3.05, 3.63) is 46.8 Å². The first-order chi connectivity index (χ1) is 11.3. The second-order valence-electron chi connectivity index (χ2n) is 7.07. The zero-order valence-electron chi connectivity index (χ0n) is 15.6. The average Bonchev–Trinajstić information content (AvgIpc) is 2.74. The zero-order valence-corrected chi connectivity index (χ0v) is 15.6. The lowest BCUT2D eigenvalue weighted by atomic mass is 10.0. The molecule has 2 aromatic rings. The first-order valence-electron chi connectivity index (χ1n) is 8.62. The van der Waals surface area contributed by atoms with Gasteiger partial charge in [0.2, 0.25) is 0 Å². The monoisotopic (exact) mass is 328 g/mol. The Morgan fingerprint density at radius 3 is 2.46 bits per heavy atom. The van der Waals surface area contributed by atoms with Crippen LogP contribution in [0.5, 0.6) is 5.75 Å². The van der Waals surface area contributed by atoms with Gasteiger partial charge >= 0.3 is 5.97 Å². The SMILES string of the molecule is Cc1nn(CC(C)C)c(C)c1CC(=O)Oc1ccccc1C(C)C. The maximum absolute atomic E-state index is 12.4. The van der Waals surface area contributed by atoms with Crippen LogP contribution in [-0.4, -0.2) is 15.7 Å². The fraction of sp³-hybridized carbons (Fsp3) is 0.500. The standard InChI is InChI=1S/C20H28N2O2/c1-13(2)12-22-16(6)18(15(5)21-22)11-20(23)24-19-10-8-7-9-17(19)14(3)4/h7-10,13-14H,11-12H2,1-6H3. The fourth-order valence-electron chi connectivity index (χ4n) is 2.87. The lowest BCUT2D eigenvalue weighted by molar-refractivity contribution is -0.133. The summed E-state index contributed by atoms with van der Waals surface area (Å²) in [6.07, 6.45) is 0.252.